The third kappa shape index (κ3) is 4.24. The number of rotatable bonds is 7. The smallest absolute Gasteiger partial charge is 0.237 e. The Balaban J connectivity index is 3.78. The lowest BCUT2D eigenvalue weighted by molar-refractivity contribution is -0.124. The second kappa shape index (κ2) is 5.94. The van der Waals surface area contributed by atoms with Gasteiger partial charge in [0.2, 0.25) is 5.91 Å². The quantitative estimate of drug-likeness (QED) is 0.563. The fraction of sp³-hybridized carbons (Fsp3) is 0.889. The van der Waals surface area contributed by atoms with E-state index in [0.717, 1.165) is 13.0 Å². The molecule has 0 aliphatic rings. The van der Waals surface area contributed by atoms with Gasteiger partial charge in [-0.3, -0.25) is 4.79 Å². The van der Waals surface area contributed by atoms with Gasteiger partial charge in [-0.25, -0.2) is 0 Å². The molecule has 0 aromatic rings. The van der Waals surface area contributed by atoms with Gasteiger partial charge in [0.15, 0.2) is 0 Å². The van der Waals surface area contributed by atoms with Crippen molar-refractivity contribution in [1.82, 2.24) is 5.32 Å². The first-order valence-electron chi connectivity index (χ1n) is 4.63. The first kappa shape index (κ1) is 12.4. The molecule has 78 valence electrons. The lowest BCUT2D eigenvalue weighted by atomic mass is 9.98. The van der Waals surface area contributed by atoms with E-state index in [4.69, 9.17) is 10.5 Å². The number of carbonyl (C=O) groups excluding carboxylic acids is 1. The van der Waals surface area contributed by atoms with Gasteiger partial charge in [-0.05, 0) is 26.8 Å². The molecule has 13 heavy (non-hydrogen) atoms. The van der Waals surface area contributed by atoms with E-state index in [1.54, 1.807) is 14.0 Å². The average molecular weight is 188 g/mol. The van der Waals surface area contributed by atoms with Crippen molar-refractivity contribution in [3.8, 4) is 0 Å². The van der Waals surface area contributed by atoms with Crippen LogP contribution in [0.3, 0.4) is 0 Å². The summed E-state index contributed by atoms with van der Waals surface area (Å²) >= 11 is 0. The normalized spacial score (nSPS) is 15.3. The molecule has 0 aliphatic carbocycles. The van der Waals surface area contributed by atoms with Gasteiger partial charge in [0.05, 0.1) is 5.54 Å². The predicted octanol–water partition coefficient (Wildman–Crippen LogP) is 0.267. The molecule has 0 radical (unpaired) electrons. The molecule has 0 saturated heterocycles. The minimum atomic E-state index is -0.645. The van der Waals surface area contributed by atoms with Gasteiger partial charge in [0.25, 0.3) is 0 Å². The minimum Gasteiger partial charge on any atom is -0.381 e. The Bertz CT molecular complexity index is 162. The molecule has 0 bridgehead atoms. The molecule has 1 amide bonds. The molecular weight excluding hydrogens is 168 g/mol. The van der Waals surface area contributed by atoms with Crippen LogP contribution in [-0.2, 0) is 9.53 Å². The molecule has 0 heterocycles. The first-order valence-corrected chi connectivity index (χ1v) is 4.63. The van der Waals surface area contributed by atoms with Gasteiger partial charge in [-0.1, -0.05) is 6.92 Å². The Morgan fingerprint density at radius 1 is 1.54 bits per heavy atom. The molecule has 0 aliphatic heterocycles. The van der Waals surface area contributed by atoms with E-state index in [-0.39, 0.29) is 5.91 Å². The largest absolute Gasteiger partial charge is 0.381 e. The number of ether oxygens (including phenoxy) is 1. The highest BCUT2D eigenvalue weighted by Gasteiger charge is 2.28. The number of likely N-dealkylation sites (N-methyl/N-ethyl adjacent to an activating group) is 1. The minimum absolute atomic E-state index is 0.338. The maximum absolute atomic E-state index is 11.0. The third-order valence-corrected chi connectivity index (χ3v) is 2.19. The van der Waals surface area contributed by atoms with E-state index >= 15 is 0 Å². The van der Waals surface area contributed by atoms with Crippen molar-refractivity contribution in [3.63, 3.8) is 0 Å². The first-order chi connectivity index (χ1) is 6.06. The standard InChI is InChI=1S/C9H20N2O2/c1-4-6-13-7-5-9(2,11-3)8(10)12/h11H,4-7H2,1-3H3,(H2,10,12). The van der Waals surface area contributed by atoms with E-state index in [2.05, 4.69) is 5.32 Å². The van der Waals surface area contributed by atoms with Crippen LogP contribution >= 0.6 is 0 Å². The number of amides is 1. The van der Waals surface area contributed by atoms with Crippen molar-refractivity contribution in [3.05, 3.63) is 0 Å². The average Bonchev–Trinajstić information content (AvgIpc) is 2.12. The summed E-state index contributed by atoms with van der Waals surface area (Å²) in [5, 5.41) is 2.90. The van der Waals surface area contributed by atoms with Crippen LogP contribution in [0, 0.1) is 0 Å². The fourth-order valence-corrected chi connectivity index (χ4v) is 0.894. The maximum Gasteiger partial charge on any atom is 0.237 e. The number of primary amides is 1. The highest BCUT2D eigenvalue weighted by atomic mass is 16.5. The van der Waals surface area contributed by atoms with E-state index in [1.807, 2.05) is 6.92 Å². The number of nitrogens with two attached hydrogens (primary N) is 1. The van der Waals surface area contributed by atoms with Crippen molar-refractivity contribution < 1.29 is 9.53 Å². The Morgan fingerprint density at radius 2 is 2.15 bits per heavy atom. The summed E-state index contributed by atoms with van der Waals surface area (Å²) in [5.74, 6) is -0.338. The fourth-order valence-electron chi connectivity index (χ4n) is 0.894. The molecular formula is C9H20N2O2. The van der Waals surface area contributed by atoms with Crippen molar-refractivity contribution >= 4 is 5.91 Å². The summed E-state index contributed by atoms with van der Waals surface area (Å²) in [6, 6.07) is 0. The Hall–Kier alpha value is -0.610. The summed E-state index contributed by atoms with van der Waals surface area (Å²) in [6.07, 6.45) is 1.60. The van der Waals surface area contributed by atoms with Crippen LogP contribution in [0.1, 0.15) is 26.7 Å². The zero-order valence-corrected chi connectivity index (χ0v) is 8.72. The van der Waals surface area contributed by atoms with Crippen molar-refractivity contribution in [2.45, 2.75) is 32.2 Å². The molecule has 1 atom stereocenters. The summed E-state index contributed by atoms with van der Waals surface area (Å²) in [6.45, 7) is 5.13. The summed E-state index contributed by atoms with van der Waals surface area (Å²) in [7, 11) is 1.73. The van der Waals surface area contributed by atoms with Crippen LogP contribution < -0.4 is 11.1 Å². The van der Waals surface area contributed by atoms with Crippen LogP contribution in [0.5, 0.6) is 0 Å². The highest BCUT2D eigenvalue weighted by molar-refractivity contribution is 5.84. The second-order valence-corrected chi connectivity index (χ2v) is 3.31. The molecule has 0 fully saturated rings. The number of nitrogens with one attached hydrogen (secondary N) is 1. The SMILES string of the molecule is CCCOCCC(C)(NC)C(N)=O. The maximum atomic E-state index is 11.0. The molecule has 1 unspecified atom stereocenters. The van der Waals surface area contributed by atoms with Crippen LogP contribution in [0.15, 0.2) is 0 Å². The van der Waals surface area contributed by atoms with Crippen LogP contribution in [-0.4, -0.2) is 31.7 Å². The Morgan fingerprint density at radius 3 is 2.54 bits per heavy atom. The van der Waals surface area contributed by atoms with Gasteiger partial charge in [-0.2, -0.15) is 0 Å². The predicted molar refractivity (Wildman–Crippen MR) is 52.4 cm³/mol. The number of hydrogen-bond acceptors (Lipinski definition) is 3. The van der Waals surface area contributed by atoms with Crippen LogP contribution in [0.25, 0.3) is 0 Å². The molecule has 3 N–H and O–H groups in total. The lowest BCUT2D eigenvalue weighted by Crippen LogP contribution is -2.52. The van der Waals surface area contributed by atoms with Crippen molar-refractivity contribution in [2.24, 2.45) is 5.73 Å². The van der Waals surface area contributed by atoms with E-state index in [0.29, 0.717) is 13.0 Å². The molecule has 0 spiro atoms. The highest BCUT2D eigenvalue weighted by Crippen LogP contribution is 2.07. The Labute approximate surface area is 79.8 Å². The number of carbonyl (C=O) groups is 1. The molecule has 0 saturated carbocycles. The molecule has 0 aromatic carbocycles. The zero-order chi connectivity index (χ0) is 10.3. The summed E-state index contributed by atoms with van der Waals surface area (Å²) in [4.78, 5) is 11.0. The van der Waals surface area contributed by atoms with Crippen molar-refractivity contribution in [2.75, 3.05) is 20.3 Å². The van der Waals surface area contributed by atoms with Gasteiger partial charge in [0.1, 0.15) is 0 Å². The molecule has 4 heteroatoms. The lowest BCUT2D eigenvalue weighted by Gasteiger charge is -2.25. The topological polar surface area (TPSA) is 64.3 Å². The zero-order valence-electron chi connectivity index (χ0n) is 8.72. The van der Waals surface area contributed by atoms with E-state index < -0.39 is 5.54 Å². The molecule has 0 rings (SSSR count). The second-order valence-electron chi connectivity index (χ2n) is 3.31. The van der Waals surface area contributed by atoms with E-state index in [1.165, 1.54) is 0 Å². The van der Waals surface area contributed by atoms with Gasteiger partial charge >= 0.3 is 0 Å². The molecule has 0 aromatic heterocycles. The van der Waals surface area contributed by atoms with Gasteiger partial charge in [-0.15, -0.1) is 0 Å². The Kier molecular flexibility index (Phi) is 5.66. The third-order valence-electron chi connectivity index (χ3n) is 2.19. The summed E-state index contributed by atoms with van der Waals surface area (Å²) < 4.78 is 5.28. The van der Waals surface area contributed by atoms with Crippen LogP contribution in [0.4, 0.5) is 0 Å². The van der Waals surface area contributed by atoms with Crippen LogP contribution in [0.2, 0.25) is 0 Å². The molecule has 4 nitrogen and oxygen atoms in total. The van der Waals surface area contributed by atoms with Gasteiger partial charge < -0.3 is 15.8 Å². The van der Waals surface area contributed by atoms with Gasteiger partial charge in [0, 0.05) is 13.2 Å². The van der Waals surface area contributed by atoms with E-state index in [9.17, 15) is 4.79 Å². The monoisotopic (exact) mass is 188 g/mol. The summed E-state index contributed by atoms with van der Waals surface area (Å²) in [5.41, 5.74) is 4.59. The van der Waals surface area contributed by atoms with Crippen molar-refractivity contribution in [1.29, 1.82) is 0 Å². The number of hydrogen-bond donors (Lipinski definition) is 2.